The van der Waals surface area contributed by atoms with E-state index in [1.807, 2.05) is 27.7 Å². The summed E-state index contributed by atoms with van der Waals surface area (Å²) in [7, 11) is 0.241. The second-order valence-corrected chi connectivity index (χ2v) is 7.55. The van der Waals surface area contributed by atoms with Crippen LogP contribution in [0.15, 0.2) is 17.9 Å². The lowest BCUT2D eigenvalue weighted by atomic mass is 9.84. The van der Waals surface area contributed by atoms with Crippen LogP contribution in [-0.2, 0) is 18.8 Å². The maximum Gasteiger partial charge on any atom is 0.525 e. The quantitative estimate of drug-likeness (QED) is 0.464. The number of rotatable bonds is 2. The molecule has 0 aliphatic carbocycles. The first kappa shape index (κ1) is 18.7. The molecule has 2 rings (SSSR count). The first-order valence-electron chi connectivity index (χ1n) is 7.49. The van der Waals surface area contributed by atoms with Crippen LogP contribution in [0.1, 0.15) is 44.4 Å². The van der Waals surface area contributed by atoms with Gasteiger partial charge in [-0.3, -0.25) is 0 Å². The average Bonchev–Trinajstić information content (AvgIpc) is 3.06. The van der Waals surface area contributed by atoms with Crippen molar-refractivity contribution in [1.82, 2.24) is 0 Å². The maximum atomic E-state index is 14.8. The number of ether oxygens (including phenoxy) is 1. The number of esters is 1. The Morgan fingerprint density at radius 3 is 2.38 bits per heavy atom. The van der Waals surface area contributed by atoms with Gasteiger partial charge >= 0.3 is 13.1 Å². The van der Waals surface area contributed by atoms with Gasteiger partial charge in [0.25, 0.3) is 0 Å². The third-order valence-corrected chi connectivity index (χ3v) is 5.39. The molecule has 1 fully saturated rings. The molecular weight excluding hydrogens is 330 g/mol. The third kappa shape index (κ3) is 3.72. The smallest absolute Gasteiger partial charge is 0.459 e. The summed E-state index contributed by atoms with van der Waals surface area (Å²) in [6, 6.07) is 3.49. The summed E-state index contributed by atoms with van der Waals surface area (Å²) >= 11 is 1.29. The van der Waals surface area contributed by atoms with E-state index in [0.29, 0.717) is 15.3 Å². The Hall–Kier alpha value is -1.62. The molecule has 1 saturated heterocycles. The van der Waals surface area contributed by atoms with Crippen molar-refractivity contribution >= 4 is 30.0 Å². The fraction of sp³-hybridized carbons (Fsp3) is 0.471. The molecule has 1 aromatic heterocycles. The fourth-order valence-electron chi connectivity index (χ4n) is 2.01. The molecule has 4 nitrogen and oxygen atoms in total. The van der Waals surface area contributed by atoms with Gasteiger partial charge in [0.05, 0.1) is 23.2 Å². The lowest BCUT2D eigenvalue weighted by Gasteiger charge is -2.32. The van der Waals surface area contributed by atoms with Gasteiger partial charge in [0, 0.05) is 10.8 Å². The zero-order valence-corrected chi connectivity index (χ0v) is 15.5. The normalized spacial score (nSPS) is 19.4. The average molecular weight is 350 g/mol. The molecule has 1 aliphatic heterocycles. The van der Waals surface area contributed by atoms with E-state index < -0.39 is 30.0 Å². The molecular formula is C17H20BFO4S. The molecule has 0 spiro atoms. The van der Waals surface area contributed by atoms with Crippen molar-refractivity contribution in [3.63, 3.8) is 0 Å². The van der Waals surface area contributed by atoms with Crippen LogP contribution in [0.25, 0.3) is 5.57 Å². The van der Waals surface area contributed by atoms with Gasteiger partial charge in [-0.2, -0.15) is 0 Å². The zero-order valence-electron chi connectivity index (χ0n) is 14.7. The van der Waals surface area contributed by atoms with Crippen LogP contribution in [0, 0.1) is 11.8 Å². The van der Waals surface area contributed by atoms with Gasteiger partial charge in [-0.05, 0) is 58.2 Å². The number of thiophene rings is 1. The van der Waals surface area contributed by atoms with Gasteiger partial charge in [0.2, 0.25) is 0 Å². The molecule has 0 aromatic carbocycles. The van der Waals surface area contributed by atoms with Crippen LogP contribution < -0.4 is 0 Å². The van der Waals surface area contributed by atoms with Crippen LogP contribution >= 0.6 is 11.3 Å². The van der Waals surface area contributed by atoms with E-state index in [-0.39, 0.29) is 0 Å². The molecule has 0 amide bonds. The molecule has 0 saturated carbocycles. The predicted octanol–water partition coefficient (Wildman–Crippen LogP) is 3.60. The number of halogens is 1. The minimum absolute atomic E-state index is 0.435. The number of allylic oxidation sites excluding steroid dienone is 1. The first-order valence-corrected chi connectivity index (χ1v) is 8.31. The Morgan fingerprint density at radius 1 is 1.25 bits per heavy atom. The summed E-state index contributed by atoms with van der Waals surface area (Å²) in [5, 5.41) is 0. The van der Waals surface area contributed by atoms with Gasteiger partial charge in [-0.15, -0.1) is 11.3 Å². The maximum absolute atomic E-state index is 14.8. The van der Waals surface area contributed by atoms with E-state index in [1.54, 1.807) is 19.1 Å². The van der Waals surface area contributed by atoms with E-state index in [4.69, 9.17) is 9.31 Å². The predicted molar refractivity (Wildman–Crippen MR) is 93.0 cm³/mol. The Morgan fingerprint density at radius 2 is 1.83 bits per heavy atom. The number of carbonyl (C=O) groups is 1. The van der Waals surface area contributed by atoms with Crippen molar-refractivity contribution in [2.45, 2.75) is 45.8 Å². The minimum Gasteiger partial charge on any atom is -0.459 e. The van der Waals surface area contributed by atoms with Crippen LogP contribution in [-0.4, -0.2) is 31.4 Å². The Bertz CT molecular complexity index is 723. The van der Waals surface area contributed by atoms with Gasteiger partial charge < -0.3 is 14.0 Å². The Balaban J connectivity index is 2.23. The molecule has 1 aromatic rings. The van der Waals surface area contributed by atoms with E-state index in [9.17, 15) is 9.18 Å². The van der Waals surface area contributed by atoms with Crippen LogP contribution in [0.4, 0.5) is 4.39 Å². The standard InChI is InChI=1S/C17H20BFO4S/c1-11(13-9-7-12(24-13)8-10-14(20)21-6)15(19)18-22-16(2,3)17(4,5)23-18/h7,9H,1-6H3. The number of hydrogen-bond acceptors (Lipinski definition) is 5. The third-order valence-electron chi connectivity index (χ3n) is 4.27. The van der Waals surface area contributed by atoms with Crippen molar-refractivity contribution in [2.24, 2.45) is 0 Å². The van der Waals surface area contributed by atoms with Gasteiger partial charge in [0.1, 0.15) is 5.73 Å². The van der Waals surface area contributed by atoms with E-state index >= 15 is 0 Å². The summed E-state index contributed by atoms with van der Waals surface area (Å²) in [6.07, 6.45) is 0. The van der Waals surface area contributed by atoms with Gasteiger partial charge in [0.15, 0.2) is 0 Å². The topological polar surface area (TPSA) is 44.8 Å². The second kappa shape index (κ2) is 6.71. The summed E-state index contributed by atoms with van der Waals surface area (Å²) in [5.74, 6) is 4.43. The van der Waals surface area contributed by atoms with Crippen molar-refractivity contribution in [1.29, 1.82) is 0 Å². The monoisotopic (exact) mass is 350 g/mol. The lowest BCUT2D eigenvalue weighted by Crippen LogP contribution is -2.41. The van der Waals surface area contributed by atoms with E-state index in [0.717, 1.165) is 0 Å². The number of methoxy groups -OCH3 is 1. The minimum atomic E-state index is -1.03. The largest absolute Gasteiger partial charge is 0.525 e. The Labute approximate surface area is 146 Å². The van der Waals surface area contributed by atoms with Crippen LogP contribution in [0.2, 0.25) is 0 Å². The second-order valence-electron chi connectivity index (χ2n) is 6.47. The van der Waals surface area contributed by atoms with Gasteiger partial charge in [-0.25, -0.2) is 9.18 Å². The Kier molecular flexibility index (Phi) is 5.24. The number of hydrogen-bond donors (Lipinski definition) is 0. The zero-order chi connectivity index (χ0) is 18.1. The molecule has 1 aliphatic rings. The highest BCUT2D eigenvalue weighted by molar-refractivity contribution is 7.13. The molecule has 2 heterocycles. The first-order chi connectivity index (χ1) is 11.1. The van der Waals surface area contributed by atoms with Crippen molar-refractivity contribution < 1.29 is 23.2 Å². The lowest BCUT2D eigenvalue weighted by molar-refractivity contribution is -0.133. The van der Waals surface area contributed by atoms with Gasteiger partial charge in [-0.1, -0.05) is 0 Å². The fourth-order valence-corrected chi connectivity index (χ4v) is 2.87. The summed E-state index contributed by atoms with van der Waals surface area (Å²) in [5.41, 5.74) is -1.21. The molecule has 0 N–H and O–H groups in total. The van der Waals surface area contributed by atoms with Crippen LogP contribution in [0.3, 0.4) is 0 Å². The molecule has 7 heteroatoms. The summed E-state index contributed by atoms with van der Waals surface area (Å²) in [4.78, 5) is 12.4. The van der Waals surface area contributed by atoms with Crippen molar-refractivity contribution in [2.75, 3.05) is 7.11 Å². The molecule has 0 atom stereocenters. The molecule has 0 unspecified atom stereocenters. The van der Waals surface area contributed by atoms with Crippen LogP contribution in [0.5, 0.6) is 0 Å². The van der Waals surface area contributed by atoms with Crippen molar-refractivity contribution in [3.05, 3.63) is 27.6 Å². The molecule has 0 radical (unpaired) electrons. The van der Waals surface area contributed by atoms with E-state index in [1.165, 1.54) is 18.4 Å². The summed E-state index contributed by atoms with van der Waals surface area (Å²) in [6.45, 7) is 9.18. The molecule has 24 heavy (non-hydrogen) atoms. The SMILES string of the molecule is COC(=O)C#Cc1ccc(C(C)=C(F)B2OC(C)(C)C(C)(C)O2)s1. The summed E-state index contributed by atoms with van der Waals surface area (Å²) < 4.78 is 30.7. The van der Waals surface area contributed by atoms with E-state index in [2.05, 4.69) is 16.6 Å². The highest BCUT2D eigenvalue weighted by Gasteiger charge is 2.53. The highest BCUT2D eigenvalue weighted by Crippen LogP contribution is 2.40. The molecule has 0 bridgehead atoms. The number of carbonyl (C=O) groups excluding carboxylic acids is 1. The molecule has 128 valence electrons. The highest BCUT2D eigenvalue weighted by atomic mass is 32.1. The van der Waals surface area contributed by atoms with Crippen molar-refractivity contribution in [3.8, 4) is 11.8 Å².